The second-order valence-electron chi connectivity index (χ2n) is 4.66. The van der Waals surface area contributed by atoms with Crippen LogP contribution in [0.3, 0.4) is 0 Å². The van der Waals surface area contributed by atoms with Crippen molar-refractivity contribution in [2.75, 3.05) is 6.61 Å². The first kappa shape index (κ1) is 16.8. The molecule has 1 aliphatic rings. The standard InChI is InChI=1S/C14H14BFO5S/c1-8(17)20-14-11(16)12(21-15)10(22-14)7-19-13(18)9-5-3-2-4-6-9/h2-6,10-12,14H,7H2,1H3/t10-,11+,12-,14?/m1/s1. The van der Waals surface area contributed by atoms with Gasteiger partial charge in [-0.25, -0.2) is 9.18 Å². The van der Waals surface area contributed by atoms with E-state index in [9.17, 15) is 14.0 Å². The van der Waals surface area contributed by atoms with Crippen molar-refractivity contribution in [2.24, 2.45) is 0 Å². The zero-order valence-corrected chi connectivity index (χ0v) is 12.6. The minimum atomic E-state index is -1.58. The van der Waals surface area contributed by atoms with Crippen LogP contribution in [0.4, 0.5) is 4.39 Å². The molecule has 2 rings (SSSR count). The SMILES string of the molecule is [B]O[C@H]1[C@H](F)C(OC(C)=O)S[C@@H]1COC(=O)c1ccccc1. The molecule has 5 nitrogen and oxygen atoms in total. The van der Waals surface area contributed by atoms with Gasteiger partial charge in [-0.1, -0.05) is 18.2 Å². The summed E-state index contributed by atoms with van der Waals surface area (Å²) >= 11 is 1.02. The fraction of sp³-hybridized carbons (Fsp3) is 0.429. The van der Waals surface area contributed by atoms with Gasteiger partial charge >= 0.3 is 11.9 Å². The Morgan fingerprint density at radius 3 is 2.59 bits per heavy atom. The maximum absolute atomic E-state index is 14.1. The van der Waals surface area contributed by atoms with Gasteiger partial charge in [0.05, 0.1) is 16.9 Å². The quantitative estimate of drug-likeness (QED) is 0.606. The molecule has 1 aromatic rings. The number of alkyl halides is 1. The lowest BCUT2D eigenvalue weighted by Gasteiger charge is -2.18. The van der Waals surface area contributed by atoms with E-state index in [0.717, 1.165) is 11.8 Å². The molecule has 8 heteroatoms. The molecule has 1 heterocycles. The van der Waals surface area contributed by atoms with Crippen molar-refractivity contribution in [2.45, 2.75) is 29.9 Å². The van der Waals surface area contributed by atoms with E-state index >= 15 is 0 Å². The molecule has 0 aliphatic carbocycles. The first-order valence-electron chi connectivity index (χ1n) is 6.57. The van der Waals surface area contributed by atoms with Crippen LogP contribution in [0.15, 0.2) is 30.3 Å². The van der Waals surface area contributed by atoms with E-state index in [1.165, 1.54) is 6.92 Å². The van der Waals surface area contributed by atoms with Gasteiger partial charge in [0.25, 0.3) is 8.05 Å². The summed E-state index contributed by atoms with van der Waals surface area (Å²) in [4.78, 5) is 22.8. The lowest BCUT2D eigenvalue weighted by atomic mass is 10.1. The van der Waals surface area contributed by atoms with Crippen molar-refractivity contribution in [3.05, 3.63) is 35.9 Å². The summed E-state index contributed by atoms with van der Waals surface area (Å²) in [5, 5.41) is -0.558. The highest BCUT2D eigenvalue weighted by molar-refractivity contribution is 8.00. The van der Waals surface area contributed by atoms with Gasteiger partial charge in [0.2, 0.25) is 0 Å². The number of esters is 2. The summed E-state index contributed by atoms with van der Waals surface area (Å²) in [6.45, 7) is 1.09. The van der Waals surface area contributed by atoms with Crippen LogP contribution in [-0.2, 0) is 18.9 Å². The third-order valence-electron chi connectivity index (χ3n) is 3.08. The monoisotopic (exact) mass is 324 g/mol. The number of rotatable bonds is 5. The van der Waals surface area contributed by atoms with Crippen molar-refractivity contribution in [3.8, 4) is 0 Å². The maximum Gasteiger partial charge on any atom is 0.338 e. The van der Waals surface area contributed by atoms with Gasteiger partial charge in [0.15, 0.2) is 11.6 Å². The molecule has 0 saturated carbocycles. The highest BCUT2D eigenvalue weighted by Crippen LogP contribution is 2.38. The zero-order valence-electron chi connectivity index (χ0n) is 11.8. The van der Waals surface area contributed by atoms with Gasteiger partial charge < -0.3 is 14.1 Å². The largest absolute Gasteiger partial charge is 0.461 e. The summed E-state index contributed by atoms with van der Waals surface area (Å²) < 4.78 is 28.7. The predicted molar refractivity (Wildman–Crippen MR) is 79.2 cm³/mol. The molecule has 0 aromatic heterocycles. The van der Waals surface area contributed by atoms with Crippen LogP contribution < -0.4 is 0 Å². The number of carbonyl (C=O) groups excluding carboxylic acids is 2. The first-order valence-corrected chi connectivity index (χ1v) is 7.51. The Kier molecular flexibility index (Phi) is 5.85. The van der Waals surface area contributed by atoms with Crippen LogP contribution in [0.1, 0.15) is 17.3 Å². The number of hydrogen-bond acceptors (Lipinski definition) is 6. The molecule has 0 spiro atoms. The Balaban J connectivity index is 1.94. The van der Waals surface area contributed by atoms with Gasteiger partial charge in [-0.05, 0) is 12.1 Å². The van der Waals surface area contributed by atoms with Crippen LogP contribution in [0.25, 0.3) is 0 Å². The van der Waals surface area contributed by atoms with Crippen molar-refractivity contribution in [1.29, 1.82) is 0 Å². The second-order valence-corrected chi connectivity index (χ2v) is 6.00. The van der Waals surface area contributed by atoms with Crippen molar-refractivity contribution in [1.82, 2.24) is 0 Å². The summed E-state index contributed by atoms with van der Waals surface area (Å²) in [7, 11) is 5.09. The Morgan fingerprint density at radius 2 is 2.00 bits per heavy atom. The van der Waals surface area contributed by atoms with E-state index in [1.807, 2.05) is 0 Å². The normalized spacial score (nSPS) is 27.4. The third kappa shape index (κ3) is 4.01. The van der Waals surface area contributed by atoms with E-state index in [0.29, 0.717) is 5.56 Å². The molecule has 1 saturated heterocycles. The van der Waals surface area contributed by atoms with E-state index < -0.39 is 34.9 Å². The molecular formula is C14H14BFO5S. The van der Waals surface area contributed by atoms with E-state index in [2.05, 4.69) is 4.65 Å². The molecular weight excluding hydrogens is 310 g/mol. The number of thioether (sulfide) groups is 1. The molecule has 0 N–H and O–H groups in total. The van der Waals surface area contributed by atoms with Crippen molar-refractivity contribution >= 4 is 31.7 Å². The summed E-state index contributed by atoms with van der Waals surface area (Å²) in [5.74, 6) is -1.12. The molecule has 22 heavy (non-hydrogen) atoms. The van der Waals surface area contributed by atoms with E-state index in [1.54, 1.807) is 30.3 Å². The molecule has 0 bridgehead atoms. The predicted octanol–water partition coefficient (Wildman–Crippen LogP) is 1.65. The third-order valence-corrected chi connectivity index (χ3v) is 4.46. The number of ether oxygens (including phenoxy) is 2. The summed E-state index contributed by atoms with van der Waals surface area (Å²) in [6.07, 6.45) is -2.60. The molecule has 116 valence electrons. The van der Waals surface area contributed by atoms with E-state index in [-0.39, 0.29) is 6.61 Å². The average molecular weight is 324 g/mol. The van der Waals surface area contributed by atoms with Crippen molar-refractivity contribution < 1.29 is 28.1 Å². The Bertz CT molecular complexity index is 529. The summed E-state index contributed by atoms with van der Waals surface area (Å²) in [5.41, 5.74) is -0.629. The van der Waals surface area contributed by atoms with Crippen LogP contribution in [0, 0.1) is 0 Å². The lowest BCUT2D eigenvalue weighted by molar-refractivity contribution is -0.145. The fourth-order valence-corrected chi connectivity index (χ4v) is 3.41. The van der Waals surface area contributed by atoms with Gasteiger partial charge in [-0.15, -0.1) is 11.8 Å². The number of hydrogen-bond donors (Lipinski definition) is 0. The van der Waals surface area contributed by atoms with E-state index in [4.69, 9.17) is 17.5 Å². The van der Waals surface area contributed by atoms with Crippen LogP contribution in [-0.4, -0.2) is 49.6 Å². The first-order chi connectivity index (χ1) is 10.5. The average Bonchev–Trinajstić information content (AvgIpc) is 2.80. The fourth-order valence-electron chi connectivity index (χ4n) is 2.05. The highest BCUT2D eigenvalue weighted by atomic mass is 32.2. The van der Waals surface area contributed by atoms with Gasteiger partial charge in [0.1, 0.15) is 6.61 Å². The molecule has 4 atom stereocenters. The van der Waals surface area contributed by atoms with Gasteiger partial charge in [-0.3, -0.25) is 4.79 Å². The number of benzene rings is 1. The van der Waals surface area contributed by atoms with Crippen LogP contribution in [0.5, 0.6) is 0 Å². The van der Waals surface area contributed by atoms with Gasteiger partial charge in [0, 0.05) is 6.92 Å². The molecule has 1 aromatic carbocycles. The molecule has 0 amide bonds. The molecule has 2 radical (unpaired) electrons. The number of halogens is 1. The van der Waals surface area contributed by atoms with Crippen LogP contribution in [0.2, 0.25) is 0 Å². The minimum absolute atomic E-state index is 0.0988. The Labute approximate surface area is 132 Å². The zero-order chi connectivity index (χ0) is 16.1. The Morgan fingerprint density at radius 1 is 1.32 bits per heavy atom. The van der Waals surface area contributed by atoms with Crippen molar-refractivity contribution in [3.63, 3.8) is 0 Å². The molecule has 1 aliphatic heterocycles. The second kappa shape index (κ2) is 7.64. The topological polar surface area (TPSA) is 61.8 Å². The van der Waals surface area contributed by atoms with Gasteiger partial charge in [-0.2, -0.15) is 0 Å². The van der Waals surface area contributed by atoms with Crippen LogP contribution >= 0.6 is 11.8 Å². The lowest BCUT2D eigenvalue weighted by Crippen LogP contribution is -2.35. The smallest absolute Gasteiger partial charge is 0.338 e. The minimum Gasteiger partial charge on any atom is -0.461 e. The molecule has 1 fully saturated rings. The highest BCUT2D eigenvalue weighted by Gasteiger charge is 2.47. The maximum atomic E-state index is 14.1. The molecule has 1 unspecified atom stereocenters. The Hall–Kier alpha value is -1.54. The number of carbonyl (C=O) groups is 2. The summed E-state index contributed by atoms with van der Waals surface area (Å²) in [6, 6.07) is 8.42.